The lowest BCUT2D eigenvalue weighted by molar-refractivity contribution is -0.134. The number of amides is 1. The zero-order valence-corrected chi connectivity index (χ0v) is 12.6. The molecule has 1 aromatic carbocycles. The lowest BCUT2D eigenvalue weighted by atomic mass is 10.1. The van der Waals surface area contributed by atoms with Crippen molar-refractivity contribution >= 4 is 5.91 Å². The Morgan fingerprint density at radius 2 is 1.95 bits per heavy atom. The molecule has 2 N–H and O–H groups in total. The molecule has 0 radical (unpaired) electrons. The topological polar surface area (TPSA) is 64.8 Å². The summed E-state index contributed by atoms with van der Waals surface area (Å²) in [5.74, 6) is 1.28. The van der Waals surface area contributed by atoms with Gasteiger partial charge in [-0.1, -0.05) is 6.07 Å². The smallest absolute Gasteiger partial charge is 0.260 e. The minimum absolute atomic E-state index is 0.0417. The highest BCUT2D eigenvalue weighted by Crippen LogP contribution is 2.28. The van der Waals surface area contributed by atoms with E-state index in [1.165, 1.54) is 6.42 Å². The molecule has 0 aromatic heterocycles. The Labute approximate surface area is 126 Å². The second kappa shape index (κ2) is 7.88. The van der Waals surface area contributed by atoms with Crippen LogP contribution in [0.3, 0.4) is 0 Å². The minimum Gasteiger partial charge on any atom is -0.490 e. The van der Waals surface area contributed by atoms with Crippen LogP contribution in [0.2, 0.25) is 0 Å². The Hall–Kier alpha value is -1.75. The van der Waals surface area contributed by atoms with Gasteiger partial charge >= 0.3 is 0 Å². The molecule has 2 rings (SSSR count). The molecule has 0 bridgehead atoms. The van der Waals surface area contributed by atoms with E-state index < -0.39 is 0 Å². The summed E-state index contributed by atoms with van der Waals surface area (Å²) in [5.41, 5.74) is 6.61. The summed E-state index contributed by atoms with van der Waals surface area (Å²) in [4.78, 5) is 14.0. The Balaban J connectivity index is 1.96. The van der Waals surface area contributed by atoms with E-state index in [2.05, 4.69) is 0 Å². The fourth-order valence-electron chi connectivity index (χ4n) is 2.44. The number of rotatable bonds is 6. The quantitative estimate of drug-likeness (QED) is 0.870. The van der Waals surface area contributed by atoms with Gasteiger partial charge in [-0.3, -0.25) is 4.79 Å². The number of piperidine rings is 1. The third-order valence-corrected chi connectivity index (χ3v) is 3.60. The molecule has 1 heterocycles. The van der Waals surface area contributed by atoms with Gasteiger partial charge in [0.25, 0.3) is 5.91 Å². The summed E-state index contributed by atoms with van der Waals surface area (Å²) < 4.78 is 11.2. The standard InChI is InChI=1S/C16H24N2O3/c1-2-20-15-10-13(11-17)6-7-14(15)21-12-16(19)18-8-4-3-5-9-18/h6-7,10H,2-5,8-9,11-12,17H2,1H3. The minimum atomic E-state index is 0.0417. The number of hydrogen-bond acceptors (Lipinski definition) is 4. The maximum Gasteiger partial charge on any atom is 0.260 e. The second-order valence-corrected chi connectivity index (χ2v) is 5.15. The van der Waals surface area contributed by atoms with E-state index in [1.54, 1.807) is 0 Å². The molecule has 0 unspecified atom stereocenters. The van der Waals surface area contributed by atoms with Gasteiger partial charge < -0.3 is 20.1 Å². The molecule has 0 spiro atoms. The molecular formula is C16H24N2O3. The third kappa shape index (κ3) is 4.36. The highest BCUT2D eigenvalue weighted by molar-refractivity contribution is 5.78. The molecule has 0 aliphatic carbocycles. The molecule has 0 saturated carbocycles. The molecule has 116 valence electrons. The first-order valence-electron chi connectivity index (χ1n) is 7.61. The Morgan fingerprint density at radius 1 is 1.19 bits per heavy atom. The Kier molecular flexibility index (Phi) is 5.87. The van der Waals surface area contributed by atoms with E-state index in [9.17, 15) is 4.79 Å². The molecule has 1 saturated heterocycles. The third-order valence-electron chi connectivity index (χ3n) is 3.60. The van der Waals surface area contributed by atoms with Gasteiger partial charge in [-0.2, -0.15) is 0 Å². The first-order chi connectivity index (χ1) is 10.2. The Bertz CT molecular complexity index is 471. The normalized spacial score (nSPS) is 14.9. The first-order valence-corrected chi connectivity index (χ1v) is 7.61. The van der Waals surface area contributed by atoms with Crippen LogP contribution in [0.1, 0.15) is 31.7 Å². The van der Waals surface area contributed by atoms with Crippen LogP contribution in [0.5, 0.6) is 11.5 Å². The van der Waals surface area contributed by atoms with E-state index >= 15 is 0 Å². The van der Waals surface area contributed by atoms with E-state index in [1.807, 2.05) is 30.0 Å². The fraction of sp³-hybridized carbons (Fsp3) is 0.562. The van der Waals surface area contributed by atoms with Crippen molar-refractivity contribution in [2.45, 2.75) is 32.7 Å². The average Bonchev–Trinajstić information content (AvgIpc) is 2.54. The van der Waals surface area contributed by atoms with Gasteiger partial charge in [-0.15, -0.1) is 0 Å². The molecule has 5 nitrogen and oxygen atoms in total. The summed E-state index contributed by atoms with van der Waals surface area (Å²) in [5, 5.41) is 0. The lowest BCUT2D eigenvalue weighted by Gasteiger charge is -2.26. The van der Waals surface area contributed by atoms with Gasteiger partial charge in [0.15, 0.2) is 18.1 Å². The summed E-state index contributed by atoms with van der Waals surface area (Å²) in [6.45, 7) is 4.65. The van der Waals surface area contributed by atoms with E-state index in [-0.39, 0.29) is 12.5 Å². The van der Waals surface area contributed by atoms with Gasteiger partial charge in [0, 0.05) is 19.6 Å². The van der Waals surface area contributed by atoms with Crippen molar-refractivity contribution in [3.05, 3.63) is 23.8 Å². The van der Waals surface area contributed by atoms with Crippen LogP contribution in [0.25, 0.3) is 0 Å². The summed E-state index contributed by atoms with van der Waals surface area (Å²) in [6, 6.07) is 5.57. The van der Waals surface area contributed by atoms with Crippen LogP contribution >= 0.6 is 0 Å². The number of benzene rings is 1. The largest absolute Gasteiger partial charge is 0.490 e. The first kappa shape index (κ1) is 15.6. The zero-order valence-electron chi connectivity index (χ0n) is 12.6. The molecule has 21 heavy (non-hydrogen) atoms. The predicted molar refractivity (Wildman–Crippen MR) is 81.4 cm³/mol. The number of likely N-dealkylation sites (tertiary alicyclic amines) is 1. The van der Waals surface area contributed by atoms with Crippen LogP contribution in [0.15, 0.2) is 18.2 Å². The number of hydrogen-bond donors (Lipinski definition) is 1. The van der Waals surface area contributed by atoms with Crippen LogP contribution < -0.4 is 15.2 Å². The molecule has 5 heteroatoms. The number of carbonyl (C=O) groups is 1. The van der Waals surface area contributed by atoms with E-state index in [4.69, 9.17) is 15.2 Å². The summed E-state index contributed by atoms with van der Waals surface area (Å²) in [7, 11) is 0. The monoisotopic (exact) mass is 292 g/mol. The van der Waals surface area contributed by atoms with Crippen molar-refractivity contribution < 1.29 is 14.3 Å². The number of nitrogens with two attached hydrogens (primary N) is 1. The van der Waals surface area contributed by atoms with Crippen LogP contribution in [-0.4, -0.2) is 37.1 Å². The molecule has 1 amide bonds. The molecular weight excluding hydrogens is 268 g/mol. The number of nitrogens with zero attached hydrogens (tertiary/aromatic N) is 1. The van der Waals surface area contributed by atoms with Gasteiger partial charge in [0.1, 0.15) is 0 Å². The van der Waals surface area contributed by atoms with Crippen molar-refractivity contribution in [3.63, 3.8) is 0 Å². The predicted octanol–water partition coefficient (Wildman–Crippen LogP) is 1.94. The van der Waals surface area contributed by atoms with E-state index in [0.717, 1.165) is 31.5 Å². The van der Waals surface area contributed by atoms with Crippen molar-refractivity contribution in [3.8, 4) is 11.5 Å². The molecule has 1 aliphatic rings. The summed E-state index contributed by atoms with van der Waals surface area (Å²) >= 11 is 0. The second-order valence-electron chi connectivity index (χ2n) is 5.15. The molecule has 0 atom stereocenters. The van der Waals surface area contributed by atoms with Crippen molar-refractivity contribution in [1.29, 1.82) is 0 Å². The molecule has 1 aromatic rings. The highest BCUT2D eigenvalue weighted by atomic mass is 16.5. The van der Waals surface area contributed by atoms with E-state index in [0.29, 0.717) is 24.7 Å². The van der Waals surface area contributed by atoms with Gasteiger partial charge in [-0.05, 0) is 43.9 Å². The Morgan fingerprint density at radius 3 is 2.62 bits per heavy atom. The van der Waals surface area contributed by atoms with Gasteiger partial charge in [0.2, 0.25) is 0 Å². The molecule has 1 fully saturated rings. The van der Waals surface area contributed by atoms with Crippen LogP contribution in [0.4, 0.5) is 0 Å². The number of ether oxygens (including phenoxy) is 2. The van der Waals surface area contributed by atoms with Crippen molar-refractivity contribution in [1.82, 2.24) is 4.90 Å². The van der Waals surface area contributed by atoms with Gasteiger partial charge in [0.05, 0.1) is 6.61 Å². The van der Waals surface area contributed by atoms with Crippen molar-refractivity contribution in [2.24, 2.45) is 5.73 Å². The van der Waals surface area contributed by atoms with Crippen LogP contribution in [0, 0.1) is 0 Å². The molecule has 1 aliphatic heterocycles. The maximum absolute atomic E-state index is 12.1. The number of carbonyl (C=O) groups excluding carboxylic acids is 1. The average molecular weight is 292 g/mol. The van der Waals surface area contributed by atoms with Gasteiger partial charge in [-0.25, -0.2) is 0 Å². The lowest BCUT2D eigenvalue weighted by Crippen LogP contribution is -2.38. The highest BCUT2D eigenvalue weighted by Gasteiger charge is 2.17. The SMILES string of the molecule is CCOc1cc(CN)ccc1OCC(=O)N1CCCCC1. The van der Waals surface area contributed by atoms with Crippen molar-refractivity contribution in [2.75, 3.05) is 26.3 Å². The fourth-order valence-corrected chi connectivity index (χ4v) is 2.44. The summed E-state index contributed by atoms with van der Waals surface area (Å²) in [6.07, 6.45) is 3.38. The zero-order chi connectivity index (χ0) is 15.1. The maximum atomic E-state index is 12.1. The van der Waals surface area contributed by atoms with Crippen LogP contribution in [-0.2, 0) is 11.3 Å².